The van der Waals surface area contributed by atoms with E-state index in [4.69, 9.17) is 5.73 Å². The zero-order chi connectivity index (χ0) is 15.9. The second-order valence-electron chi connectivity index (χ2n) is 4.45. The Balaban J connectivity index is 2.28. The van der Waals surface area contributed by atoms with Crippen LogP contribution in [0.15, 0.2) is 63.3 Å². The Morgan fingerprint density at radius 2 is 2.00 bits per heavy atom. The van der Waals surface area contributed by atoms with Crippen LogP contribution >= 0.6 is 39.5 Å². The van der Waals surface area contributed by atoms with Gasteiger partial charge in [-0.25, -0.2) is 4.99 Å². The van der Waals surface area contributed by atoms with Gasteiger partial charge in [0.2, 0.25) is 5.96 Å². The molecule has 0 amide bonds. The molecule has 6 heteroatoms. The number of aliphatic imine (C=N–C) groups is 1. The molecule has 0 aliphatic rings. The third-order valence-electron chi connectivity index (χ3n) is 3.09. The summed E-state index contributed by atoms with van der Waals surface area (Å²) in [6.45, 7) is 0. The first kappa shape index (κ1) is 17.2. The number of nitrogens with two attached hydrogens (primary N) is 1. The van der Waals surface area contributed by atoms with Crippen molar-refractivity contribution in [1.82, 2.24) is 0 Å². The number of rotatable bonds is 5. The quantitative estimate of drug-likeness (QED) is 0.337. The molecule has 0 aromatic heterocycles. The Morgan fingerprint density at radius 1 is 1.23 bits per heavy atom. The molecule has 2 aromatic rings. The molecule has 2 aromatic carbocycles. The van der Waals surface area contributed by atoms with Gasteiger partial charge in [-0.3, -0.25) is 0 Å². The standard InChI is InChI=1S/C16H18BrN3S2/c1-20(12-6-5-7-13(10-12)21-2)16(18)19-14-8-3-4-9-15(14)22-11-17/h3-10H,11H2,1-2H3,(H2,18,19). The van der Waals surface area contributed by atoms with Gasteiger partial charge in [0.05, 0.1) is 10.3 Å². The van der Waals surface area contributed by atoms with Crippen LogP contribution in [0.25, 0.3) is 0 Å². The van der Waals surface area contributed by atoms with E-state index in [1.165, 1.54) is 4.90 Å². The Labute approximate surface area is 148 Å². The highest BCUT2D eigenvalue weighted by molar-refractivity contribution is 9.11. The number of hydrogen-bond acceptors (Lipinski definition) is 3. The van der Waals surface area contributed by atoms with Crippen molar-refractivity contribution >= 4 is 56.8 Å². The highest BCUT2D eigenvalue weighted by atomic mass is 79.9. The van der Waals surface area contributed by atoms with Gasteiger partial charge in [-0.05, 0) is 36.6 Å². The van der Waals surface area contributed by atoms with E-state index in [0.29, 0.717) is 5.96 Å². The lowest BCUT2D eigenvalue weighted by Gasteiger charge is -2.19. The van der Waals surface area contributed by atoms with Crippen molar-refractivity contribution in [3.63, 3.8) is 0 Å². The molecule has 0 aliphatic carbocycles. The van der Waals surface area contributed by atoms with Gasteiger partial charge >= 0.3 is 0 Å². The summed E-state index contributed by atoms with van der Waals surface area (Å²) >= 11 is 6.84. The number of benzene rings is 2. The molecular weight excluding hydrogens is 378 g/mol. The maximum Gasteiger partial charge on any atom is 0.200 e. The summed E-state index contributed by atoms with van der Waals surface area (Å²) in [6.07, 6.45) is 2.06. The van der Waals surface area contributed by atoms with Gasteiger partial charge in [-0.15, -0.1) is 23.5 Å². The van der Waals surface area contributed by atoms with Gasteiger partial charge in [0, 0.05) is 22.5 Å². The van der Waals surface area contributed by atoms with Crippen LogP contribution in [0.4, 0.5) is 11.4 Å². The molecule has 0 heterocycles. The van der Waals surface area contributed by atoms with Gasteiger partial charge in [0.15, 0.2) is 0 Å². The van der Waals surface area contributed by atoms with Gasteiger partial charge in [-0.2, -0.15) is 0 Å². The fourth-order valence-electron chi connectivity index (χ4n) is 1.88. The van der Waals surface area contributed by atoms with E-state index in [9.17, 15) is 0 Å². The van der Waals surface area contributed by atoms with Crippen molar-refractivity contribution in [3.05, 3.63) is 48.5 Å². The van der Waals surface area contributed by atoms with Crippen LogP contribution in [-0.4, -0.2) is 23.9 Å². The molecule has 0 radical (unpaired) electrons. The first-order valence-electron chi connectivity index (χ1n) is 6.65. The Bertz CT molecular complexity index is 661. The Morgan fingerprint density at radius 3 is 2.73 bits per heavy atom. The van der Waals surface area contributed by atoms with Crippen molar-refractivity contribution in [2.24, 2.45) is 10.7 Å². The Kier molecular flexibility index (Phi) is 6.67. The number of halogens is 1. The van der Waals surface area contributed by atoms with E-state index in [1.54, 1.807) is 23.5 Å². The summed E-state index contributed by atoms with van der Waals surface area (Å²) in [5.41, 5.74) is 8.10. The van der Waals surface area contributed by atoms with Crippen LogP contribution in [0, 0.1) is 0 Å². The van der Waals surface area contributed by atoms with Gasteiger partial charge in [-0.1, -0.05) is 34.1 Å². The fraction of sp³-hybridized carbons (Fsp3) is 0.188. The number of thioether (sulfide) groups is 2. The molecule has 0 unspecified atom stereocenters. The van der Waals surface area contributed by atoms with Gasteiger partial charge in [0.1, 0.15) is 0 Å². The molecule has 0 bridgehead atoms. The number of nitrogens with zero attached hydrogens (tertiary/aromatic N) is 2. The third kappa shape index (κ3) is 4.44. The minimum Gasteiger partial charge on any atom is -0.369 e. The molecule has 116 valence electrons. The molecule has 2 rings (SSSR count). The largest absolute Gasteiger partial charge is 0.369 e. The molecule has 0 spiro atoms. The number of hydrogen-bond donors (Lipinski definition) is 1. The maximum absolute atomic E-state index is 6.19. The minimum absolute atomic E-state index is 0.473. The summed E-state index contributed by atoms with van der Waals surface area (Å²) in [5, 5.41) is 0. The molecule has 0 fully saturated rings. The van der Waals surface area contributed by atoms with E-state index < -0.39 is 0 Å². The molecule has 3 nitrogen and oxygen atoms in total. The molecule has 0 aliphatic heterocycles. The average Bonchev–Trinajstić information content (AvgIpc) is 2.56. The molecule has 0 atom stereocenters. The topological polar surface area (TPSA) is 41.6 Å². The lowest BCUT2D eigenvalue weighted by atomic mass is 10.3. The summed E-state index contributed by atoms with van der Waals surface area (Å²) in [5.74, 6) is 0.473. The van der Waals surface area contributed by atoms with Crippen molar-refractivity contribution in [2.75, 3.05) is 22.9 Å². The smallest absolute Gasteiger partial charge is 0.200 e. The van der Waals surface area contributed by atoms with E-state index >= 15 is 0 Å². The monoisotopic (exact) mass is 395 g/mol. The second kappa shape index (κ2) is 8.50. The second-order valence-corrected chi connectivity index (χ2v) is 7.65. The van der Waals surface area contributed by atoms with Gasteiger partial charge in [0.25, 0.3) is 0 Å². The molecular formula is C16H18BrN3S2. The molecule has 2 N–H and O–H groups in total. The zero-order valence-corrected chi connectivity index (χ0v) is 15.7. The van der Waals surface area contributed by atoms with Crippen LogP contribution < -0.4 is 10.6 Å². The normalized spacial score (nSPS) is 11.5. The zero-order valence-electron chi connectivity index (χ0n) is 12.5. The minimum atomic E-state index is 0.473. The summed E-state index contributed by atoms with van der Waals surface area (Å²) in [4.78, 5) is 8.79. The predicted octanol–water partition coefficient (Wildman–Crippen LogP) is 4.94. The SMILES string of the molecule is CSc1cccc(N(C)C(N)=Nc2ccccc2SCBr)c1. The van der Waals surface area contributed by atoms with E-state index in [2.05, 4.69) is 39.3 Å². The fourth-order valence-corrected chi connectivity index (χ4v) is 3.63. The van der Waals surface area contributed by atoms with Crippen LogP contribution in [-0.2, 0) is 0 Å². The summed E-state index contributed by atoms with van der Waals surface area (Å²) < 4.78 is 0.824. The van der Waals surface area contributed by atoms with Crippen molar-refractivity contribution in [1.29, 1.82) is 0 Å². The number of guanidine groups is 1. The van der Waals surface area contributed by atoms with Gasteiger partial charge < -0.3 is 10.6 Å². The van der Waals surface area contributed by atoms with E-state index in [-0.39, 0.29) is 0 Å². The van der Waals surface area contributed by atoms with Crippen LogP contribution in [0.2, 0.25) is 0 Å². The highest BCUT2D eigenvalue weighted by Crippen LogP contribution is 2.30. The predicted molar refractivity (Wildman–Crippen MR) is 104 cm³/mol. The van der Waals surface area contributed by atoms with Crippen LogP contribution in [0.3, 0.4) is 0 Å². The Hall–Kier alpha value is -1.11. The first-order valence-corrected chi connectivity index (χ1v) is 9.98. The summed E-state index contributed by atoms with van der Waals surface area (Å²) in [6, 6.07) is 16.2. The lowest BCUT2D eigenvalue weighted by Crippen LogP contribution is -2.33. The van der Waals surface area contributed by atoms with E-state index in [0.717, 1.165) is 20.9 Å². The van der Waals surface area contributed by atoms with Crippen molar-refractivity contribution < 1.29 is 0 Å². The van der Waals surface area contributed by atoms with Crippen LogP contribution in [0.5, 0.6) is 0 Å². The number of anilines is 1. The average molecular weight is 396 g/mol. The number of alkyl halides is 1. The van der Waals surface area contributed by atoms with Crippen LogP contribution in [0.1, 0.15) is 0 Å². The van der Waals surface area contributed by atoms with E-state index in [1.807, 2.05) is 48.3 Å². The van der Waals surface area contributed by atoms with Crippen molar-refractivity contribution in [3.8, 4) is 0 Å². The molecule has 22 heavy (non-hydrogen) atoms. The van der Waals surface area contributed by atoms with Crippen molar-refractivity contribution in [2.45, 2.75) is 9.79 Å². The highest BCUT2D eigenvalue weighted by Gasteiger charge is 2.08. The third-order valence-corrected chi connectivity index (χ3v) is 5.27. The number of para-hydroxylation sites is 1. The first-order chi connectivity index (χ1) is 10.7. The lowest BCUT2D eigenvalue weighted by molar-refractivity contribution is 1.20. The summed E-state index contributed by atoms with van der Waals surface area (Å²) in [7, 11) is 1.93. The molecule has 0 saturated carbocycles. The maximum atomic E-state index is 6.19. The molecule has 0 saturated heterocycles.